The summed E-state index contributed by atoms with van der Waals surface area (Å²) in [5.41, 5.74) is 0.896. The van der Waals surface area contributed by atoms with Crippen molar-refractivity contribution in [2.24, 2.45) is 0 Å². The highest BCUT2D eigenvalue weighted by Gasteiger charge is 2.12. The van der Waals surface area contributed by atoms with Crippen molar-refractivity contribution in [3.63, 3.8) is 0 Å². The number of aryl methyl sites for hydroxylation is 1. The molecule has 84 valence electrons. The van der Waals surface area contributed by atoms with Crippen molar-refractivity contribution >= 4 is 15.9 Å². The van der Waals surface area contributed by atoms with E-state index >= 15 is 0 Å². The van der Waals surface area contributed by atoms with Gasteiger partial charge in [-0.05, 0) is 29.8 Å². The SMILES string of the molecule is Cc1nc(=O)n(CC(O)CO)c(C)c1Br. The van der Waals surface area contributed by atoms with Gasteiger partial charge in [0.25, 0.3) is 0 Å². The van der Waals surface area contributed by atoms with Crippen molar-refractivity contribution in [2.75, 3.05) is 6.61 Å². The molecule has 1 rings (SSSR count). The Morgan fingerprint density at radius 1 is 1.53 bits per heavy atom. The van der Waals surface area contributed by atoms with Gasteiger partial charge in [0.05, 0.1) is 29.4 Å². The molecule has 15 heavy (non-hydrogen) atoms. The van der Waals surface area contributed by atoms with Gasteiger partial charge in [0, 0.05) is 5.69 Å². The molecular weight excluding hydrogens is 264 g/mol. The van der Waals surface area contributed by atoms with Crippen LogP contribution in [-0.2, 0) is 6.54 Å². The maximum atomic E-state index is 11.5. The minimum Gasteiger partial charge on any atom is -0.394 e. The van der Waals surface area contributed by atoms with Crippen LogP contribution in [0.4, 0.5) is 0 Å². The molecule has 0 radical (unpaired) electrons. The Kier molecular flexibility index (Phi) is 4.01. The van der Waals surface area contributed by atoms with Crippen molar-refractivity contribution in [1.29, 1.82) is 0 Å². The Morgan fingerprint density at radius 2 is 2.13 bits per heavy atom. The molecule has 1 atom stereocenters. The first-order chi connectivity index (χ1) is 6.97. The number of aliphatic hydroxyl groups excluding tert-OH is 2. The van der Waals surface area contributed by atoms with Crippen LogP contribution in [0.3, 0.4) is 0 Å². The molecule has 0 spiro atoms. The summed E-state index contributed by atoms with van der Waals surface area (Å²) in [6.45, 7) is 3.15. The Balaban J connectivity index is 3.18. The van der Waals surface area contributed by atoms with E-state index in [9.17, 15) is 9.90 Å². The van der Waals surface area contributed by atoms with Crippen LogP contribution in [-0.4, -0.2) is 32.5 Å². The normalized spacial score (nSPS) is 12.9. The summed E-state index contributed by atoms with van der Waals surface area (Å²) in [5, 5.41) is 18.0. The van der Waals surface area contributed by atoms with E-state index in [-0.39, 0.29) is 13.2 Å². The van der Waals surface area contributed by atoms with Crippen molar-refractivity contribution in [1.82, 2.24) is 9.55 Å². The third-order valence-corrected chi connectivity index (χ3v) is 3.29. The van der Waals surface area contributed by atoms with Crippen LogP contribution in [0.2, 0.25) is 0 Å². The quantitative estimate of drug-likeness (QED) is 0.814. The van der Waals surface area contributed by atoms with Crippen LogP contribution in [0, 0.1) is 13.8 Å². The van der Waals surface area contributed by atoms with Gasteiger partial charge in [-0.2, -0.15) is 4.98 Å². The first kappa shape index (κ1) is 12.4. The summed E-state index contributed by atoms with van der Waals surface area (Å²) >= 11 is 3.31. The highest BCUT2D eigenvalue weighted by Crippen LogP contribution is 2.16. The number of rotatable bonds is 3. The molecule has 1 heterocycles. The molecule has 0 aliphatic carbocycles. The fourth-order valence-electron chi connectivity index (χ4n) is 1.26. The molecule has 0 aromatic carbocycles. The van der Waals surface area contributed by atoms with Crippen LogP contribution in [0.15, 0.2) is 9.27 Å². The van der Waals surface area contributed by atoms with E-state index in [1.165, 1.54) is 4.57 Å². The Labute approximate surface area is 95.5 Å². The van der Waals surface area contributed by atoms with Crippen LogP contribution in [0.5, 0.6) is 0 Å². The lowest BCUT2D eigenvalue weighted by atomic mass is 10.3. The second kappa shape index (κ2) is 4.87. The van der Waals surface area contributed by atoms with Gasteiger partial charge in [-0.15, -0.1) is 0 Å². The standard InChI is InChI=1S/C9H13BrN2O3/c1-5-8(10)6(2)12(9(15)11-5)3-7(14)4-13/h7,13-14H,3-4H2,1-2H3. The summed E-state index contributed by atoms with van der Waals surface area (Å²) in [5.74, 6) is 0. The third-order valence-electron chi connectivity index (χ3n) is 2.14. The second-order valence-corrected chi connectivity index (χ2v) is 4.12. The molecule has 0 aliphatic rings. The minimum absolute atomic E-state index is 0.0487. The van der Waals surface area contributed by atoms with Gasteiger partial charge in [-0.25, -0.2) is 4.79 Å². The average Bonchev–Trinajstić information content (AvgIpc) is 2.21. The third kappa shape index (κ3) is 2.64. The summed E-state index contributed by atoms with van der Waals surface area (Å²) < 4.78 is 2.07. The monoisotopic (exact) mass is 276 g/mol. The molecule has 0 saturated carbocycles. The van der Waals surface area contributed by atoms with E-state index in [0.717, 1.165) is 4.47 Å². The number of hydrogen-bond acceptors (Lipinski definition) is 4. The molecule has 0 fully saturated rings. The van der Waals surface area contributed by atoms with Crippen molar-refractivity contribution < 1.29 is 10.2 Å². The van der Waals surface area contributed by atoms with E-state index in [1.807, 2.05) is 0 Å². The van der Waals surface area contributed by atoms with Crippen LogP contribution in [0.25, 0.3) is 0 Å². The first-order valence-corrected chi connectivity index (χ1v) is 5.29. The highest BCUT2D eigenvalue weighted by molar-refractivity contribution is 9.10. The average molecular weight is 277 g/mol. The van der Waals surface area contributed by atoms with E-state index in [4.69, 9.17) is 5.11 Å². The largest absolute Gasteiger partial charge is 0.394 e. The molecule has 0 bridgehead atoms. The molecule has 2 N–H and O–H groups in total. The first-order valence-electron chi connectivity index (χ1n) is 4.49. The second-order valence-electron chi connectivity index (χ2n) is 3.33. The summed E-state index contributed by atoms with van der Waals surface area (Å²) in [7, 11) is 0. The molecular formula is C9H13BrN2O3. The maximum Gasteiger partial charge on any atom is 0.348 e. The number of aromatic nitrogens is 2. The highest BCUT2D eigenvalue weighted by atomic mass is 79.9. The number of aliphatic hydroxyl groups is 2. The molecule has 1 unspecified atom stereocenters. The van der Waals surface area contributed by atoms with Gasteiger partial charge in [0.1, 0.15) is 0 Å². The minimum atomic E-state index is -0.946. The van der Waals surface area contributed by atoms with Crippen LogP contribution in [0.1, 0.15) is 11.4 Å². The Morgan fingerprint density at radius 3 is 2.67 bits per heavy atom. The number of nitrogens with zero attached hydrogens (tertiary/aromatic N) is 2. The van der Waals surface area contributed by atoms with Gasteiger partial charge in [-0.3, -0.25) is 4.57 Å². The van der Waals surface area contributed by atoms with E-state index in [0.29, 0.717) is 11.4 Å². The fourth-order valence-corrected chi connectivity index (χ4v) is 1.56. The topological polar surface area (TPSA) is 75.4 Å². The van der Waals surface area contributed by atoms with Gasteiger partial charge >= 0.3 is 5.69 Å². The lowest BCUT2D eigenvalue weighted by molar-refractivity contribution is 0.0794. The zero-order chi connectivity index (χ0) is 11.6. The van der Waals surface area contributed by atoms with E-state index in [1.54, 1.807) is 13.8 Å². The smallest absolute Gasteiger partial charge is 0.348 e. The molecule has 0 amide bonds. The van der Waals surface area contributed by atoms with Gasteiger partial charge in [0.2, 0.25) is 0 Å². The molecule has 6 heteroatoms. The molecule has 1 aromatic heterocycles. The number of hydrogen-bond donors (Lipinski definition) is 2. The molecule has 0 aliphatic heterocycles. The van der Waals surface area contributed by atoms with E-state index in [2.05, 4.69) is 20.9 Å². The zero-order valence-corrected chi connectivity index (χ0v) is 10.2. The lowest BCUT2D eigenvalue weighted by Crippen LogP contribution is -2.32. The molecule has 0 saturated heterocycles. The summed E-state index contributed by atoms with van der Waals surface area (Å²) in [6.07, 6.45) is -0.946. The van der Waals surface area contributed by atoms with Crippen LogP contribution >= 0.6 is 15.9 Å². The van der Waals surface area contributed by atoms with Crippen molar-refractivity contribution in [3.05, 3.63) is 26.3 Å². The molecule has 5 nitrogen and oxygen atoms in total. The maximum absolute atomic E-state index is 11.5. The Bertz CT molecular complexity index is 417. The van der Waals surface area contributed by atoms with E-state index < -0.39 is 11.8 Å². The van der Waals surface area contributed by atoms with Gasteiger partial charge in [-0.1, -0.05) is 0 Å². The van der Waals surface area contributed by atoms with Crippen molar-refractivity contribution in [3.8, 4) is 0 Å². The fraction of sp³-hybridized carbons (Fsp3) is 0.556. The van der Waals surface area contributed by atoms with Crippen molar-refractivity contribution in [2.45, 2.75) is 26.5 Å². The van der Waals surface area contributed by atoms with Gasteiger partial charge < -0.3 is 10.2 Å². The number of halogens is 1. The lowest BCUT2D eigenvalue weighted by Gasteiger charge is -2.14. The summed E-state index contributed by atoms with van der Waals surface area (Å²) in [4.78, 5) is 15.3. The predicted octanol–water partition coefficient (Wildman–Crippen LogP) is -0.0242. The predicted molar refractivity (Wildman–Crippen MR) is 58.8 cm³/mol. The van der Waals surface area contributed by atoms with Crippen LogP contribution < -0.4 is 5.69 Å². The van der Waals surface area contributed by atoms with Gasteiger partial charge in [0.15, 0.2) is 0 Å². The molecule has 1 aromatic rings. The Hall–Kier alpha value is -0.720. The zero-order valence-electron chi connectivity index (χ0n) is 8.57. The summed E-state index contributed by atoms with van der Waals surface area (Å²) in [6, 6.07) is 0.